The topological polar surface area (TPSA) is 88.9 Å². The minimum Gasteiger partial charge on any atom is -0.335 e. The lowest BCUT2D eigenvalue weighted by Gasteiger charge is -2.11. The summed E-state index contributed by atoms with van der Waals surface area (Å²) in [6.07, 6.45) is 6.09. The number of hydrogen-bond acceptors (Lipinski definition) is 4. The molecule has 0 aliphatic heterocycles. The van der Waals surface area contributed by atoms with Crippen LogP contribution >= 0.6 is 11.6 Å². The van der Waals surface area contributed by atoms with Gasteiger partial charge in [-0.05, 0) is 37.6 Å². The standard InChI is InChI=1S/C20H20ClN5O2/c1-14-22-10-12-26(14)11-4-7-19(27)24-17-6-3-2-5-16(17)20(28)25-18-9-8-15(21)13-23-18/h2-3,5-6,8-10,12-13H,4,7,11H2,1H3,(H,24,27)(H,23,25,28). The first-order chi connectivity index (χ1) is 13.5. The van der Waals surface area contributed by atoms with Crippen molar-refractivity contribution in [3.05, 3.63) is 71.4 Å². The summed E-state index contributed by atoms with van der Waals surface area (Å²) in [5.74, 6) is 0.784. The van der Waals surface area contributed by atoms with E-state index >= 15 is 0 Å². The number of pyridine rings is 1. The second kappa shape index (κ2) is 9.14. The van der Waals surface area contributed by atoms with Crippen LogP contribution in [0.3, 0.4) is 0 Å². The Balaban J connectivity index is 1.59. The third kappa shape index (κ3) is 5.17. The maximum Gasteiger partial charge on any atom is 0.258 e. The quantitative estimate of drug-likeness (QED) is 0.632. The molecule has 1 aromatic carbocycles. The summed E-state index contributed by atoms with van der Waals surface area (Å²) in [7, 11) is 0. The van der Waals surface area contributed by atoms with Gasteiger partial charge in [0.2, 0.25) is 5.91 Å². The summed E-state index contributed by atoms with van der Waals surface area (Å²) >= 11 is 5.80. The van der Waals surface area contributed by atoms with Crippen LogP contribution in [0.2, 0.25) is 5.02 Å². The summed E-state index contributed by atoms with van der Waals surface area (Å²) in [4.78, 5) is 33.1. The minimum absolute atomic E-state index is 0.150. The van der Waals surface area contributed by atoms with Crippen LogP contribution in [0.25, 0.3) is 0 Å². The number of benzene rings is 1. The fourth-order valence-corrected chi connectivity index (χ4v) is 2.80. The summed E-state index contributed by atoms with van der Waals surface area (Å²) in [5.41, 5.74) is 0.816. The third-order valence-corrected chi connectivity index (χ3v) is 4.36. The molecule has 0 aliphatic rings. The molecule has 7 nitrogen and oxygen atoms in total. The van der Waals surface area contributed by atoms with E-state index in [9.17, 15) is 9.59 Å². The lowest BCUT2D eigenvalue weighted by atomic mass is 10.1. The van der Waals surface area contributed by atoms with Gasteiger partial charge in [0.1, 0.15) is 11.6 Å². The second-order valence-electron chi connectivity index (χ2n) is 6.18. The lowest BCUT2D eigenvalue weighted by Crippen LogP contribution is -2.18. The van der Waals surface area contributed by atoms with Crippen molar-refractivity contribution in [3.63, 3.8) is 0 Å². The maximum atomic E-state index is 12.6. The van der Waals surface area contributed by atoms with Crippen LogP contribution in [0.5, 0.6) is 0 Å². The van der Waals surface area contributed by atoms with E-state index in [1.54, 1.807) is 42.6 Å². The van der Waals surface area contributed by atoms with Crippen molar-refractivity contribution in [2.24, 2.45) is 0 Å². The van der Waals surface area contributed by atoms with Gasteiger partial charge in [-0.1, -0.05) is 23.7 Å². The number of halogens is 1. The molecule has 2 heterocycles. The number of rotatable bonds is 7. The molecular formula is C20H20ClN5O2. The highest BCUT2D eigenvalue weighted by molar-refractivity contribution is 6.30. The van der Waals surface area contributed by atoms with Gasteiger partial charge in [0.25, 0.3) is 5.91 Å². The van der Waals surface area contributed by atoms with Crippen molar-refractivity contribution in [2.75, 3.05) is 10.6 Å². The number of anilines is 2. The zero-order valence-corrected chi connectivity index (χ0v) is 16.1. The van der Waals surface area contributed by atoms with E-state index in [1.807, 2.05) is 17.7 Å². The summed E-state index contributed by atoms with van der Waals surface area (Å²) in [6, 6.07) is 10.1. The molecule has 0 atom stereocenters. The van der Waals surface area contributed by atoms with Crippen molar-refractivity contribution < 1.29 is 9.59 Å². The molecular weight excluding hydrogens is 378 g/mol. The Morgan fingerprint density at radius 3 is 2.64 bits per heavy atom. The lowest BCUT2D eigenvalue weighted by molar-refractivity contribution is -0.116. The zero-order chi connectivity index (χ0) is 19.9. The number of nitrogens with one attached hydrogen (secondary N) is 2. The van der Waals surface area contributed by atoms with Crippen molar-refractivity contribution >= 4 is 34.9 Å². The van der Waals surface area contributed by atoms with Gasteiger partial charge in [0, 0.05) is 31.6 Å². The molecule has 2 amide bonds. The predicted octanol–water partition coefficient (Wildman–Crippen LogP) is 3.91. The van der Waals surface area contributed by atoms with Gasteiger partial charge >= 0.3 is 0 Å². The van der Waals surface area contributed by atoms with Gasteiger partial charge in [0.15, 0.2) is 0 Å². The highest BCUT2D eigenvalue weighted by Gasteiger charge is 2.14. The Kier molecular flexibility index (Phi) is 6.39. The number of nitrogens with zero attached hydrogens (tertiary/aromatic N) is 3. The molecule has 8 heteroatoms. The molecule has 2 aromatic heterocycles. The molecule has 144 valence electrons. The Bertz CT molecular complexity index is 969. The predicted molar refractivity (Wildman–Crippen MR) is 108 cm³/mol. The number of aryl methyl sites for hydroxylation is 2. The smallest absolute Gasteiger partial charge is 0.258 e. The number of imidazole rings is 1. The molecule has 3 aromatic rings. The average Bonchev–Trinajstić information content (AvgIpc) is 3.09. The third-order valence-electron chi connectivity index (χ3n) is 4.14. The molecule has 3 rings (SSSR count). The van der Waals surface area contributed by atoms with Gasteiger partial charge in [0.05, 0.1) is 16.3 Å². The van der Waals surface area contributed by atoms with E-state index in [1.165, 1.54) is 6.20 Å². The van der Waals surface area contributed by atoms with E-state index < -0.39 is 0 Å². The van der Waals surface area contributed by atoms with Crippen LogP contribution in [-0.4, -0.2) is 26.3 Å². The van der Waals surface area contributed by atoms with E-state index in [0.29, 0.717) is 41.5 Å². The molecule has 0 aliphatic carbocycles. The van der Waals surface area contributed by atoms with Crippen LogP contribution in [0, 0.1) is 6.92 Å². The van der Waals surface area contributed by atoms with Gasteiger partial charge in [-0.3, -0.25) is 9.59 Å². The maximum absolute atomic E-state index is 12.6. The molecule has 0 spiro atoms. The fourth-order valence-electron chi connectivity index (χ4n) is 2.69. The van der Waals surface area contributed by atoms with E-state index in [2.05, 4.69) is 20.6 Å². The Morgan fingerprint density at radius 2 is 1.93 bits per heavy atom. The first-order valence-corrected chi connectivity index (χ1v) is 9.20. The number of aromatic nitrogens is 3. The molecule has 0 unspecified atom stereocenters. The van der Waals surface area contributed by atoms with Crippen molar-refractivity contribution in [1.29, 1.82) is 0 Å². The van der Waals surface area contributed by atoms with Crippen LogP contribution in [0.1, 0.15) is 29.0 Å². The number of para-hydroxylation sites is 1. The molecule has 28 heavy (non-hydrogen) atoms. The van der Waals surface area contributed by atoms with Crippen molar-refractivity contribution in [2.45, 2.75) is 26.3 Å². The van der Waals surface area contributed by atoms with Gasteiger partial charge in [-0.2, -0.15) is 0 Å². The Morgan fingerprint density at radius 1 is 1.11 bits per heavy atom. The van der Waals surface area contributed by atoms with Crippen molar-refractivity contribution in [3.8, 4) is 0 Å². The highest BCUT2D eigenvalue weighted by Crippen LogP contribution is 2.18. The Labute approximate surface area is 167 Å². The molecule has 0 saturated carbocycles. The normalized spacial score (nSPS) is 10.5. The first kappa shape index (κ1) is 19.6. The second-order valence-corrected chi connectivity index (χ2v) is 6.62. The molecule has 2 N–H and O–H groups in total. The largest absolute Gasteiger partial charge is 0.335 e. The number of hydrogen-bond donors (Lipinski definition) is 2. The molecule has 0 bridgehead atoms. The zero-order valence-electron chi connectivity index (χ0n) is 15.4. The molecule has 0 fully saturated rings. The van der Waals surface area contributed by atoms with Crippen LogP contribution in [0.15, 0.2) is 55.0 Å². The summed E-state index contributed by atoms with van der Waals surface area (Å²) < 4.78 is 1.99. The van der Waals surface area contributed by atoms with Crippen LogP contribution < -0.4 is 10.6 Å². The van der Waals surface area contributed by atoms with E-state index in [-0.39, 0.29) is 11.8 Å². The highest BCUT2D eigenvalue weighted by atomic mass is 35.5. The summed E-state index contributed by atoms with van der Waals surface area (Å²) in [5, 5.41) is 5.99. The van der Waals surface area contributed by atoms with Crippen LogP contribution in [0.4, 0.5) is 11.5 Å². The summed E-state index contributed by atoms with van der Waals surface area (Å²) in [6.45, 7) is 2.63. The van der Waals surface area contributed by atoms with Gasteiger partial charge in [-0.15, -0.1) is 0 Å². The van der Waals surface area contributed by atoms with E-state index in [4.69, 9.17) is 11.6 Å². The van der Waals surface area contributed by atoms with Crippen LogP contribution in [-0.2, 0) is 11.3 Å². The first-order valence-electron chi connectivity index (χ1n) is 8.82. The van der Waals surface area contributed by atoms with E-state index in [0.717, 1.165) is 5.82 Å². The van der Waals surface area contributed by atoms with Crippen molar-refractivity contribution in [1.82, 2.24) is 14.5 Å². The monoisotopic (exact) mass is 397 g/mol. The van der Waals surface area contributed by atoms with Gasteiger partial charge in [-0.25, -0.2) is 9.97 Å². The minimum atomic E-state index is -0.361. The van der Waals surface area contributed by atoms with Gasteiger partial charge < -0.3 is 15.2 Å². The number of carbonyl (C=O) groups excluding carboxylic acids is 2. The Hall–Kier alpha value is -3.19. The SMILES string of the molecule is Cc1nccn1CCCC(=O)Nc1ccccc1C(=O)Nc1ccc(Cl)cn1. The molecule has 0 saturated heterocycles. The number of amides is 2. The fraction of sp³-hybridized carbons (Fsp3) is 0.200. The molecule has 0 radical (unpaired) electrons. The average molecular weight is 398 g/mol. The number of carbonyl (C=O) groups is 2.